The lowest BCUT2D eigenvalue weighted by molar-refractivity contribution is -0.116. The minimum absolute atomic E-state index is 0.151. The van der Waals surface area contributed by atoms with E-state index in [1.165, 1.54) is 6.08 Å². The Morgan fingerprint density at radius 1 is 1.20 bits per heavy atom. The molecule has 4 rings (SSSR count). The molecular weight excluding hydrogens is 320 g/mol. The maximum absolute atomic E-state index is 11.8. The molecule has 7 nitrogen and oxygen atoms in total. The summed E-state index contributed by atoms with van der Waals surface area (Å²) in [7, 11) is 0. The van der Waals surface area contributed by atoms with Gasteiger partial charge in [-0.1, -0.05) is 40.6 Å². The first-order valence-corrected chi connectivity index (χ1v) is 8.08. The highest BCUT2D eigenvalue weighted by molar-refractivity contribution is 5.91. The number of hydrogen-bond donors (Lipinski definition) is 1. The molecule has 25 heavy (non-hydrogen) atoms. The molecule has 0 atom stereocenters. The van der Waals surface area contributed by atoms with Crippen LogP contribution in [-0.4, -0.2) is 21.2 Å². The van der Waals surface area contributed by atoms with Crippen molar-refractivity contribution in [3.05, 3.63) is 59.7 Å². The fourth-order valence-corrected chi connectivity index (χ4v) is 2.34. The summed E-state index contributed by atoms with van der Waals surface area (Å²) in [6.07, 6.45) is 5.47. The molecule has 1 aliphatic rings. The molecule has 1 saturated carbocycles. The molecular formula is C18H16N4O3. The second-order valence-corrected chi connectivity index (χ2v) is 5.86. The first-order chi connectivity index (χ1) is 12.3. The molecule has 2 aromatic heterocycles. The van der Waals surface area contributed by atoms with E-state index < -0.39 is 0 Å². The first-order valence-electron chi connectivity index (χ1n) is 8.08. The van der Waals surface area contributed by atoms with Crippen molar-refractivity contribution >= 4 is 12.0 Å². The quantitative estimate of drug-likeness (QED) is 0.696. The van der Waals surface area contributed by atoms with E-state index >= 15 is 0 Å². The standard InChI is InChI=1S/C18H16N4O3/c23-16(9-6-12-4-2-1-3-5-12)19-11-17-20-18(22-25-17)14-10-15(24-21-14)13-7-8-13/h1-6,9-10,13H,7-8,11H2,(H,19,23). The van der Waals surface area contributed by atoms with E-state index in [-0.39, 0.29) is 12.5 Å². The molecule has 0 radical (unpaired) electrons. The number of aromatic nitrogens is 3. The average Bonchev–Trinajstić information content (AvgIpc) is 3.19. The summed E-state index contributed by atoms with van der Waals surface area (Å²) >= 11 is 0. The summed E-state index contributed by atoms with van der Waals surface area (Å²) in [5.74, 6) is 1.78. The van der Waals surface area contributed by atoms with Crippen LogP contribution in [0.5, 0.6) is 0 Å². The van der Waals surface area contributed by atoms with Gasteiger partial charge < -0.3 is 14.4 Å². The van der Waals surface area contributed by atoms with Crippen molar-refractivity contribution in [2.45, 2.75) is 25.3 Å². The third kappa shape index (κ3) is 3.82. The Morgan fingerprint density at radius 2 is 2.04 bits per heavy atom. The largest absolute Gasteiger partial charge is 0.360 e. The molecule has 1 fully saturated rings. The summed E-state index contributed by atoms with van der Waals surface area (Å²) in [6, 6.07) is 11.4. The van der Waals surface area contributed by atoms with Gasteiger partial charge in [0.15, 0.2) is 5.69 Å². The summed E-state index contributed by atoms with van der Waals surface area (Å²) in [6.45, 7) is 0.151. The summed E-state index contributed by atoms with van der Waals surface area (Å²) in [5, 5.41) is 10.5. The number of amides is 1. The fraction of sp³-hybridized carbons (Fsp3) is 0.222. The molecule has 0 bridgehead atoms. The molecule has 7 heteroatoms. The van der Waals surface area contributed by atoms with Crippen molar-refractivity contribution in [3.63, 3.8) is 0 Å². The molecule has 0 saturated heterocycles. The number of nitrogens with one attached hydrogen (secondary N) is 1. The number of hydrogen-bond acceptors (Lipinski definition) is 6. The molecule has 1 amide bonds. The third-order valence-electron chi connectivity index (χ3n) is 3.85. The van der Waals surface area contributed by atoms with Gasteiger partial charge in [-0.05, 0) is 24.5 Å². The van der Waals surface area contributed by atoms with Crippen molar-refractivity contribution in [1.29, 1.82) is 0 Å². The van der Waals surface area contributed by atoms with Crippen molar-refractivity contribution in [3.8, 4) is 11.5 Å². The van der Waals surface area contributed by atoms with Crippen molar-refractivity contribution in [2.24, 2.45) is 0 Å². The Hall–Kier alpha value is -3.22. The van der Waals surface area contributed by atoms with Crippen LogP contribution in [0, 0.1) is 0 Å². The maximum Gasteiger partial charge on any atom is 0.246 e. The van der Waals surface area contributed by atoms with E-state index in [4.69, 9.17) is 9.05 Å². The van der Waals surface area contributed by atoms with Crippen LogP contribution in [0.4, 0.5) is 0 Å². The minimum Gasteiger partial charge on any atom is -0.360 e. The fourth-order valence-electron chi connectivity index (χ4n) is 2.34. The Balaban J connectivity index is 1.33. The lowest BCUT2D eigenvalue weighted by Gasteiger charge is -1.96. The number of rotatable bonds is 6. The van der Waals surface area contributed by atoms with E-state index in [1.54, 1.807) is 6.08 Å². The Morgan fingerprint density at radius 3 is 2.84 bits per heavy atom. The van der Waals surface area contributed by atoms with Crippen LogP contribution < -0.4 is 5.32 Å². The summed E-state index contributed by atoms with van der Waals surface area (Å²) in [4.78, 5) is 16.1. The van der Waals surface area contributed by atoms with Crippen LogP contribution in [0.1, 0.15) is 36.0 Å². The van der Waals surface area contributed by atoms with Crippen molar-refractivity contribution < 1.29 is 13.8 Å². The lowest BCUT2D eigenvalue weighted by atomic mass is 10.2. The smallest absolute Gasteiger partial charge is 0.246 e. The van der Waals surface area contributed by atoms with E-state index in [1.807, 2.05) is 36.4 Å². The molecule has 0 aliphatic heterocycles. The Kier molecular flexibility index (Phi) is 4.12. The zero-order valence-corrected chi connectivity index (χ0v) is 13.4. The number of nitrogens with zero attached hydrogens (tertiary/aromatic N) is 3. The van der Waals surface area contributed by atoms with Gasteiger partial charge in [-0.25, -0.2) is 0 Å². The van der Waals surface area contributed by atoms with Gasteiger partial charge in [-0.2, -0.15) is 4.98 Å². The normalized spacial score (nSPS) is 14.1. The topological polar surface area (TPSA) is 94.1 Å². The SMILES string of the molecule is O=C(C=Cc1ccccc1)NCc1nc(-c2cc(C3CC3)on2)no1. The van der Waals surface area contributed by atoms with Crippen LogP contribution >= 0.6 is 0 Å². The van der Waals surface area contributed by atoms with E-state index in [0.29, 0.717) is 23.3 Å². The van der Waals surface area contributed by atoms with Crippen LogP contribution in [0.25, 0.3) is 17.6 Å². The minimum atomic E-state index is -0.235. The van der Waals surface area contributed by atoms with Gasteiger partial charge in [-0.15, -0.1) is 0 Å². The predicted octanol–water partition coefficient (Wildman–Crippen LogP) is 2.93. The van der Waals surface area contributed by atoms with Gasteiger partial charge in [-0.3, -0.25) is 4.79 Å². The molecule has 0 unspecified atom stereocenters. The Bertz CT molecular complexity index is 894. The highest BCUT2D eigenvalue weighted by Gasteiger charge is 2.28. The molecule has 126 valence electrons. The first kappa shape index (κ1) is 15.3. The van der Waals surface area contributed by atoms with Crippen molar-refractivity contribution in [2.75, 3.05) is 0 Å². The molecule has 3 aromatic rings. The van der Waals surface area contributed by atoms with Crippen LogP contribution in [0.3, 0.4) is 0 Å². The van der Waals surface area contributed by atoms with Gasteiger partial charge in [0.2, 0.25) is 17.6 Å². The van der Waals surface area contributed by atoms with Crippen LogP contribution in [-0.2, 0) is 11.3 Å². The predicted molar refractivity (Wildman–Crippen MR) is 89.1 cm³/mol. The highest BCUT2D eigenvalue weighted by Crippen LogP contribution is 2.40. The second-order valence-electron chi connectivity index (χ2n) is 5.86. The summed E-state index contributed by atoms with van der Waals surface area (Å²) in [5.41, 5.74) is 1.50. The van der Waals surface area contributed by atoms with E-state index in [9.17, 15) is 4.79 Å². The van der Waals surface area contributed by atoms with E-state index in [2.05, 4.69) is 20.6 Å². The van der Waals surface area contributed by atoms with Gasteiger partial charge >= 0.3 is 0 Å². The molecule has 1 aromatic carbocycles. The number of benzene rings is 1. The van der Waals surface area contributed by atoms with Gasteiger partial charge in [0.05, 0.1) is 6.54 Å². The van der Waals surface area contributed by atoms with E-state index in [0.717, 1.165) is 24.2 Å². The molecule has 0 spiro atoms. The number of carbonyl (C=O) groups is 1. The van der Waals surface area contributed by atoms with Gasteiger partial charge in [0.25, 0.3) is 0 Å². The van der Waals surface area contributed by atoms with Crippen molar-refractivity contribution in [1.82, 2.24) is 20.6 Å². The van der Waals surface area contributed by atoms with Gasteiger partial charge in [0, 0.05) is 18.1 Å². The number of carbonyl (C=O) groups excluding carboxylic acids is 1. The molecule has 2 heterocycles. The zero-order chi connectivity index (χ0) is 17.1. The highest BCUT2D eigenvalue weighted by atomic mass is 16.5. The molecule has 1 aliphatic carbocycles. The second kappa shape index (κ2) is 6.72. The monoisotopic (exact) mass is 336 g/mol. The maximum atomic E-state index is 11.8. The average molecular weight is 336 g/mol. The van der Waals surface area contributed by atoms with Crippen LogP contribution in [0.15, 0.2) is 51.5 Å². The van der Waals surface area contributed by atoms with Crippen LogP contribution in [0.2, 0.25) is 0 Å². The van der Waals surface area contributed by atoms with Gasteiger partial charge in [0.1, 0.15) is 5.76 Å². The lowest BCUT2D eigenvalue weighted by Crippen LogP contribution is -2.20. The Labute approximate surface area is 143 Å². The summed E-state index contributed by atoms with van der Waals surface area (Å²) < 4.78 is 10.4. The molecule has 1 N–H and O–H groups in total. The zero-order valence-electron chi connectivity index (χ0n) is 13.4. The third-order valence-corrected chi connectivity index (χ3v) is 3.85.